The third-order valence-corrected chi connectivity index (χ3v) is 5.79. The SMILES string of the molecule is C=S(=O)(Nc1cccc(NC)c1)c1cccc(-c2nnc(-c3ccccn3)o2)c1. The van der Waals surface area contributed by atoms with Crippen molar-refractivity contribution >= 4 is 27.0 Å². The van der Waals surface area contributed by atoms with Gasteiger partial charge in [-0.1, -0.05) is 18.2 Å². The Hall–Kier alpha value is -3.65. The first-order valence-electron chi connectivity index (χ1n) is 8.83. The topological polar surface area (TPSA) is 92.9 Å². The number of nitrogens with zero attached hydrogens (tertiary/aromatic N) is 3. The molecule has 0 saturated heterocycles. The second-order valence-corrected chi connectivity index (χ2v) is 8.29. The number of hydrogen-bond donors (Lipinski definition) is 2. The molecule has 4 aromatic rings. The van der Waals surface area contributed by atoms with Crippen LogP contribution in [0.2, 0.25) is 0 Å². The van der Waals surface area contributed by atoms with E-state index in [9.17, 15) is 4.21 Å². The lowest BCUT2D eigenvalue weighted by Gasteiger charge is -2.14. The minimum atomic E-state index is -2.79. The molecule has 2 N–H and O–H groups in total. The number of rotatable bonds is 6. The van der Waals surface area contributed by atoms with Crippen LogP contribution in [0.3, 0.4) is 0 Å². The molecule has 4 rings (SSSR count). The number of benzene rings is 2. The molecule has 0 bridgehead atoms. The van der Waals surface area contributed by atoms with Gasteiger partial charge in [-0.05, 0) is 54.4 Å². The van der Waals surface area contributed by atoms with Gasteiger partial charge in [-0.2, -0.15) is 0 Å². The Morgan fingerprint density at radius 1 is 0.931 bits per heavy atom. The van der Waals surface area contributed by atoms with Crippen molar-refractivity contribution in [2.75, 3.05) is 17.1 Å². The lowest BCUT2D eigenvalue weighted by Crippen LogP contribution is -2.12. The van der Waals surface area contributed by atoms with Crippen molar-refractivity contribution < 1.29 is 8.63 Å². The monoisotopic (exact) mass is 405 g/mol. The largest absolute Gasteiger partial charge is 0.415 e. The van der Waals surface area contributed by atoms with E-state index in [4.69, 9.17) is 4.42 Å². The Balaban J connectivity index is 1.62. The zero-order valence-electron chi connectivity index (χ0n) is 15.7. The van der Waals surface area contributed by atoms with E-state index < -0.39 is 9.71 Å². The maximum Gasteiger partial charge on any atom is 0.266 e. The molecule has 8 heteroatoms. The van der Waals surface area contributed by atoms with E-state index in [1.54, 1.807) is 30.5 Å². The number of nitrogens with one attached hydrogen (secondary N) is 2. The summed E-state index contributed by atoms with van der Waals surface area (Å²) in [4.78, 5) is 4.74. The summed E-state index contributed by atoms with van der Waals surface area (Å²) in [6.07, 6.45) is 1.66. The molecule has 0 aliphatic heterocycles. The van der Waals surface area contributed by atoms with Crippen LogP contribution in [0.25, 0.3) is 23.0 Å². The van der Waals surface area contributed by atoms with Crippen LogP contribution in [-0.2, 0) is 9.71 Å². The fourth-order valence-corrected chi connectivity index (χ4v) is 4.00. The van der Waals surface area contributed by atoms with Crippen molar-refractivity contribution in [3.05, 3.63) is 72.9 Å². The van der Waals surface area contributed by atoms with Crippen molar-refractivity contribution in [3.8, 4) is 23.0 Å². The van der Waals surface area contributed by atoms with E-state index in [1.165, 1.54) is 0 Å². The summed E-state index contributed by atoms with van der Waals surface area (Å²) in [5.74, 6) is 4.54. The fraction of sp³-hybridized carbons (Fsp3) is 0.0476. The molecule has 146 valence electrons. The molecule has 7 nitrogen and oxygen atoms in total. The van der Waals surface area contributed by atoms with Crippen LogP contribution >= 0.6 is 0 Å². The quantitative estimate of drug-likeness (QED) is 0.472. The van der Waals surface area contributed by atoms with Crippen molar-refractivity contribution in [1.29, 1.82) is 0 Å². The Kier molecular flexibility index (Phi) is 5.01. The van der Waals surface area contributed by atoms with Crippen molar-refractivity contribution in [3.63, 3.8) is 0 Å². The first-order chi connectivity index (χ1) is 14.0. The summed E-state index contributed by atoms with van der Waals surface area (Å²) < 4.78 is 22.0. The molecule has 2 aromatic carbocycles. The first kappa shape index (κ1) is 18.7. The molecule has 2 aromatic heterocycles. The van der Waals surface area contributed by atoms with E-state index in [1.807, 2.05) is 49.5 Å². The predicted octanol–water partition coefficient (Wildman–Crippen LogP) is 3.94. The second-order valence-electron chi connectivity index (χ2n) is 6.26. The molecule has 0 aliphatic carbocycles. The van der Waals surface area contributed by atoms with E-state index in [2.05, 4.69) is 31.1 Å². The summed E-state index contributed by atoms with van der Waals surface area (Å²) >= 11 is 0. The summed E-state index contributed by atoms with van der Waals surface area (Å²) in [6, 6.07) is 20.0. The molecule has 29 heavy (non-hydrogen) atoms. The summed E-state index contributed by atoms with van der Waals surface area (Å²) in [5.41, 5.74) is 2.86. The van der Waals surface area contributed by atoms with Gasteiger partial charge in [0.15, 0.2) is 0 Å². The maximum absolute atomic E-state index is 13.2. The molecule has 0 amide bonds. The average Bonchev–Trinajstić information content (AvgIpc) is 3.25. The Morgan fingerprint density at radius 3 is 2.52 bits per heavy atom. The molecule has 1 atom stereocenters. The fourth-order valence-electron chi connectivity index (χ4n) is 2.75. The summed E-state index contributed by atoms with van der Waals surface area (Å²) in [7, 11) is -0.967. The Labute approximate surface area is 169 Å². The van der Waals surface area contributed by atoms with Gasteiger partial charge in [-0.3, -0.25) is 4.98 Å². The smallest absolute Gasteiger partial charge is 0.266 e. The second kappa shape index (κ2) is 7.76. The highest BCUT2D eigenvalue weighted by atomic mass is 32.2. The minimum Gasteiger partial charge on any atom is -0.415 e. The van der Waals surface area contributed by atoms with E-state index >= 15 is 0 Å². The maximum atomic E-state index is 13.2. The van der Waals surface area contributed by atoms with Crippen molar-refractivity contribution in [2.24, 2.45) is 0 Å². The van der Waals surface area contributed by atoms with E-state index in [0.29, 0.717) is 33.6 Å². The zero-order chi connectivity index (χ0) is 20.3. The van der Waals surface area contributed by atoms with Crippen LogP contribution in [0.4, 0.5) is 11.4 Å². The zero-order valence-corrected chi connectivity index (χ0v) is 16.5. The molecule has 0 radical (unpaired) electrons. The van der Waals surface area contributed by atoms with Crippen LogP contribution in [0, 0.1) is 0 Å². The van der Waals surface area contributed by atoms with Crippen LogP contribution in [-0.4, -0.2) is 32.3 Å². The van der Waals surface area contributed by atoms with E-state index in [0.717, 1.165) is 5.69 Å². The molecule has 2 heterocycles. The molecular weight excluding hydrogens is 386 g/mol. The number of aromatic nitrogens is 3. The van der Waals surface area contributed by atoms with Gasteiger partial charge in [0.25, 0.3) is 5.89 Å². The van der Waals surface area contributed by atoms with Crippen LogP contribution < -0.4 is 10.0 Å². The number of anilines is 2. The van der Waals surface area contributed by atoms with Gasteiger partial charge in [-0.25, -0.2) is 4.21 Å². The lowest BCUT2D eigenvalue weighted by atomic mass is 10.2. The van der Waals surface area contributed by atoms with Gasteiger partial charge in [0, 0.05) is 30.2 Å². The number of pyridine rings is 1. The first-order valence-corrected chi connectivity index (χ1v) is 10.6. The molecule has 0 spiro atoms. The highest BCUT2D eigenvalue weighted by Crippen LogP contribution is 2.26. The average molecular weight is 405 g/mol. The van der Waals surface area contributed by atoms with Gasteiger partial charge in [-0.15, -0.1) is 10.2 Å². The Bertz CT molecular complexity index is 1240. The van der Waals surface area contributed by atoms with Gasteiger partial charge < -0.3 is 14.5 Å². The normalized spacial score (nSPS) is 12.9. The highest BCUT2D eigenvalue weighted by molar-refractivity contribution is 8.01. The Morgan fingerprint density at radius 2 is 1.72 bits per heavy atom. The van der Waals surface area contributed by atoms with Crippen LogP contribution in [0.15, 0.2) is 82.2 Å². The summed E-state index contributed by atoms with van der Waals surface area (Å²) in [5, 5.41) is 11.2. The molecule has 0 saturated carbocycles. The van der Waals surface area contributed by atoms with Gasteiger partial charge in [0.2, 0.25) is 5.89 Å². The van der Waals surface area contributed by atoms with E-state index in [-0.39, 0.29) is 0 Å². The molecule has 1 unspecified atom stereocenters. The molecule has 0 aliphatic rings. The van der Waals surface area contributed by atoms with Crippen molar-refractivity contribution in [2.45, 2.75) is 4.90 Å². The summed E-state index contributed by atoms with van der Waals surface area (Å²) in [6.45, 7) is 0. The number of hydrogen-bond acceptors (Lipinski definition) is 6. The standard InChI is InChI=1S/C21H19N5O2S/c1-22-16-8-6-9-17(14-16)26-29(2,27)18-10-5-7-15(13-18)20-24-25-21(28-20)19-11-3-4-12-23-19/h3-14,22H,2H2,1H3,(H,26,27). The van der Waals surface area contributed by atoms with Gasteiger partial charge in [0.1, 0.15) is 5.69 Å². The molecule has 0 fully saturated rings. The lowest BCUT2D eigenvalue weighted by molar-refractivity contribution is 0.582. The third-order valence-electron chi connectivity index (χ3n) is 4.20. The van der Waals surface area contributed by atoms with Crippen LogP contribution in [0.1, 0.15) is 0 Å². The molecular formula is C21H19N5O2S. The van der Waals surface area contributed by atoms with Gasteiger partial charge >= 0.3 is 0 Å². The van der Waals surface area contributed by atoms with Crippen molar-refractivity contribution in [1.82, 2.24) is 15.2 Å². The minimum absolute atomic E-state index is 0.319. The van der Waals surface area contributed by atoms with Gasteiger partial charge in [0.05, 0.1) is 14.6 Å². The predicted molar refractivity (Wildman–Crippen MR) is 116 cm³/mol. The third kappa shape index (κ3) is 4.12. The highest BCUT2D eigenvalue weighted by Gasteiger charge is 2.14. The van der Waals surface area contributed by atoms with Crippen LogP contribution in [0.5, 0.6) is 0 Å².